The van der Waals surface area contributed by atoms with Crippen LogP contribution < -0.4 is 16.6 Å². The van der Waals surface area contributed by atoms with Gasteiger partial charge in [0.05, 0.1) is 16.8 Å². The van der Waals surface area contributed by atoms with Gasteiger partial charge in [-0.05, 0) is 47.9 Å². The number of carbonyl (C=O) groups is 1. The molecule has 1 N–H and O–H groups in total. The van der Waals surface area contributed by atoms with E-state index in [9.17, 15) is 27.6 Å². The first kappa shape index (κ1) is 28.1. The summed E-state index contributed by atoms with van der Waals surface area (Å²) in [5, 5.41) is 3.77. The summed E-state index contributed by atoms with van der Waals surface area (Å²) < 4.78 is 40.8. The quantitative estimate of drug-likeness (QED) is 0.363. The highest BCUT2D eigenvalue weighted by atomic mass is 35.5. The summed E-state index contributed by atoms with van der Waals surface area (Å²) in [7, 11) is 0. The van der Waals surface area contributed by atoms with Gasteiger partial charge in [0.25, 0.3) is 5.56 Å². The molecule has 1 aromatic carbocycles. The van der Waals surface area contributed by atoms with Gasteiger partial charge in [-0.25, -0.2) is 4.79 Å². The molecule has 0 atom stereocenters. The summed E-state index contributed by atoms with van der Waals surface area (Å²) in [6.07, 6.45) is -1.70. The van der Waals surface area contributed by atoms with Crippen LogP contribution >= 0.6 is 22.9 Å². The van der Waals surface area contributed by atoms with Crippen molar-refractivity contribution in [3.05, 3.63) is 84.6 Å². The third-order valence-corrected chi connectivity index (χ3v) is 8.13. The molecule has 1 aliphatic heterocycles. The average molecular weight is 592 g/mol. The molecule has 1 amide bonds. The topological polar surface area (TPSA) is 89.2 Å². The van der Waals surface area contributed by atoms with E-state index in [0.29, 0.717) is 52.6 Å². The zero-order valence-corrected chi connectivity index (χ0v) is 23.0. The lowest BCUT2D eigenvalue weighted by Crippen LogP contribution is -2.41. The van der Waals surface area contributed by atoms with E-state index in [2.05, 4.69) is 10.3 Å². The number of carbonyl (C=O) groups excluding carboxylic acids is 1. The van der Waals surface area contributed by atoms with Gasteiger partial charge < -0.3 is 10.2 Å². The van der Waals surface area contributed by atoms with Crippen LogP contribution in [0.25, 0.3) is 21.3 Å². The van der Waals surface area contributed by atoms with Gasteiger partial charge in [-0.1, -0.05) is 11.6 Å². The van der Waals surface area contributed by atoms with Gasteiger partial charge in [0, 0.05) is 66.5 Å². The number of aryl methyl sites for hydroxylation is 1. The van der Waals surface area contributed by atoms with Crippen LogP contribution in [0.5, 0.6) is 0 Å². The first-order valence-corrected chi connectivity index (χ1v) is 13.7. The smallest absolute Gasteiger partial charge is 0.337 e. The van der Waals surface area contributed by atoms with Crippen molar-refractivity contribution in [2.24, 2.45) is 0 Å². The highest BCUT2D eigenvalue weighted by molar-refractivity contribution is 7.19. The summed E-state index contributed by atoms with van der Waals surface area (Å²) in [4.78, 5) is 44.7. The molecule has 1 aliphatic rings. The Morgan fingerprint density at radius 1 is 1.07 bits per heavy atom. The fourth-order valence-electron chi connectivity index (χ4n) is 4.85. The van der Waals surface area contributed by atoms with Crippen LogP contribution in [0.4, 0.5) is 13.2 Å². The van der Waals surface area contributed by atoms with Crippen molar-refractivity contribution in [2.45, 2.75) is 39.2 Å². The number of hydrogen-bond donors (Lipinski definition) is 1. The third kappa shape index (κ3) is 5.98. The van der Waals surface area contributed by atoms with Gasteiger partial charge in [0.1, 0.15) is 6.54 Å². The predicted molar refractivity (Wildman–Crippen MR) is 148 cm³/mol. The minimum absolute atomic E-state index is 0.0630. The standard InChI is InChI=1S/C27H25ClF3N5O3S/c1-16-10-17(28)11-20(21(16)14-34-9-7-32-5-3-23(34)37)19-2-6-33-22-12-18(40-25(19)22)13-36-24(38)4-8-35(26(36)39)15-27(29,30)31/h2,4,6,8,10-12,32H,3,5,7,9,13-15H2,1H3. The number of nitrogens with zero attached hydrogens (tertiary/aromatic N) is 4. The second-order valence-electron chi connectivity index (χ2n) is 9.62. The van der Waals surface area contributed by atoms with E-state index in [-0.39, 0.29) is 12.5 Å². The van der Waals surface area contributed by atoms with Crippen LogP contribution in [0.1, 0.15) is 22.4 Å². The van der Waals surface area contributed by atoms with Crippen molar-refractivity contribution < 1.29 is 18.0 Å². The Morgan fingerprint density at radius 2 is 1.88 bits per heavy atom. The Kier molecular flexibility index (Phi) is 7.85. The van der Waals surface area contributed by atoms with Gasteiger partial charge in [-0.15, -0.1) is 11.3 Å². The SMILES string of the molecule is Cc1cc(Cl)cc(-c2ccnc3cc(Cn4c(=O)ccn(CC(F)(F)F)c4=O)sc23)c1CN1CCNCCC1=O. The average Bonchev–Trinajstić information content (AvgIpc) is 3.19. The normalized spacial score (nSPS) is 14.6. The number of aromatic nitrogens is 3. The minimum atomic E-state index is -4.61. The van der Waals surface area contributed by atoms with Crippen LogP contribution in [0, 0.1) is 6.92 Å². The number of pyridine rings is 1. The summed E-state index contributed by atoms with van der Waals surface area (Å²) in [6, 6.07) is 8.21. The molecule has 4 heterocycles. The Morgan fingerprint density at radius 3 is 2.65 bits per heavy atom. The molecule has 8 nitrogen and oxygen atoms in total. The van der Waals surface area contributed by atoms with E-state index in [1.54, 1.807) is 12.3 Å². The van der Waals surface area contributed by atoms with E-state index in [0.717, 1.165) is 43.8 Å². The van der Waals surface area contributed by atoms with Crippen molar-refractivity contribution in [1.82, 2.24) is 24.3 Å². The lowest BCUT2D eigenvalue weighted by molar-refractivity contribution is -0.141. The molecule has 0 spiro atoms. The van der Waals surface area contributed by atoms with Gasteiger partial charge in [0.15, 0.2) is 0 Å². The van der Waals surface area contributed by atoms with Gasteiger partial charge in [0.2, 0.25) is 5.91 Å². The fraction of sp³-hybridized carbons (Fsp3) is 0.333. The third-order valence-electron chi connectivity index (χ3n) is 6.77. The van der Waals surface area contributed by atoms with E-state index < -0.39 is 24.0 Å². The number of fused-ring (bicyclic) bond motifs is 1. The molecule has 0 radical (unpaired) electrons. The van der Waals surface area contributed by atoms with Crippen molar-refractivity contribution in [3.8, 4) is 11.1 Å². The molecule has 1 saturated heterocycles. The summed E-state index contributed by atoms with van der Waals surface area (Å²) in [5.74, 6) is 0.0630. The number of amides is 1. The molecule has 0 bridgehead atoms. The number of thiophene rings is 1. The molecule has 0 saturated carbocycles. The Hall–Kier alpha value is -3.48. The molecule has 0 unspecified atom stereocenters. The summed E-state index contributed by atoms with van der Waals surface area (Å²) >= 11 is 7.76. The molecule has 13 heteroatoms. The molecular formula is C27H25ClF3N5O3S. The van der Waals surface area contributed by atoms with Crippen molar-refractivity contribution in [2.75, 3.05) is 19.6 Å². The second-order valence-corrected chi connectivity index (χ2v) is 11.2. The van der Waals surface area contributed by atoms with Gasteiger partial charge >= 0.3 is 11.9 Å². The van der Waals surface area contributed by atoms with Crippen LogP contribution in [0.3, 0.4) is 0 Å². The molecule has 5 rings (SSSR count). The maximum absolute atomic E-state index is 12.9. The molecular weight excluding hydrogens is 567 g/mol. The van der Waals surface area contributed by atoms with Crippen LogP contribution in [0.15, 0.2) is 52.3 Å². The Bertz CT molecular complexity index is 1710. The lowest BCUT2D eigenvalue weighted by atomic mass is 9.95. The second kappa shape index (κ2) is 11.2. The number of hydrogen-bond acceptors (Lipinski definition) is 6. The van der Waals surface area contributed by atoms with E-state index in [1.165, 1.54) is 11.3 Å². The van der Waals surface area contributed by atoms with Crippen LogP contribution in [-0.4, -0.2) is 50.7 Å². The number of alkyl halides is 3. The fourth-order valence-corrected chi connectivity index (χ4v) is 6.25. The zero-order valence-electron chi connectivity index (χ0n) is 21.4. The summed E-state index contributed by atoms with van der Waals surface area (Å²) in [5.41, 5.74) is 2.39. The largest absolute Gasteiger partial charge is 0.406 e. The molecule has 0 aliphatic carbocycles. The molecule has 1 fully saturated rings. The highest BCUT2D eigenvalue weighted by Crippen LogP contribution is 2.38. The van der Waals surface area contributed by atoms with Crippen LogP contribution in [-0.2, 0) is 24.4 Å². The zero-order chi connectivity index (χ0) is 28.6. The van der Waals surface area contributed by atoms with Gasteiger partial charge in [-0.3, -0.25) is 23.7 Å². The van der Waals surface area contributed by atoms with Gasteiger partial charge in [-0.2, -0.15) is 13.2 Å². The predicted octanol–water partition coefficient (Wildman–Crippen LogP) is 4.18. The molecule has 4 aromatic rings. The molecule has 210 valence electrons. The minimum Gasteiger partial charge on any atom is -0.337 e. The van der Waals surface area contributed by atoms with Crippen molar-refractivity contribution in [3.63, 3.8) is 0 Å². The number of benzene rings is 1. The lowest BCUT2D eigenvalue weighted by Gasteiger charge is -2.24. The van der Waals surface area contributed by atoms with Crippen LogP contribution in [0.2, 0.25) is 5.02 Å². The summed E-state index contributed by atoms with van der Waals surface area (Å²) in [6.45, 7) is 2.56. The maximum Gasteiger partial charge on any atom is 0.406 e. The first-order chi connectivity index (χ1) is 19.0. The van der Waals surface area contributed by atoms with E-state index in [1.807, 2.05) is 30.0 Å². The monoisotopic (exact) mass is 591 g/mol. The first-order valence-electron chi connectivity index (χ1n) is 12.5. The maximum atomic E-state index is 12.9. The highest BCUT2D eigenvalue weighted by Gasteiger charge is 2.29. The van der Waals surface area contributed by atoms with Crippen molar-refractivity contribution in [1.29, 1.82) is 0 Å². The Labute approximate surface area is 235 Å². The number of rotatable bonds is 6. The molecule has 3 aromatic heterocycles. The van der Waals surface area contributed by atoms with E-state index in [4.69, 9.17) is 11.6 Å². The Balaban J connectivity index is 1.56. The number of halogens is 4. The van der Waals surface area contributed by atoms with E-state index >= 15 is 0 Å². The van der Waals surface area contributed by atoms with Crippen molar-refractivity contribution >= 4 is 39.1 Å². The molecule has 40 heavy (non-hydrogen) atoms. The number of nitrogens with one attached hydrogen (secondary N) is 1.